The molecule has 1 aromatic carbocycles. The highest BCUT2D eigenvalue weighted by Crippen LogP contribution is 2.29. The maximum Gasteiger partial charge on any atom is -0.0247 e. The molecule has 0 N–H and O–H groups in total. The van der Waals surface area contributed by atoms with Crippen molar-refractivity contribution >= 4 is 0 Å². The van der Waals surface area contributed by atoms with Crippen LogP contribution in [-0.4, -0.2) is 0 Å². The second-order valence-electron chi connectivity index (χ2n) is 5.01. The van der Waals surface area contributed by atoms with Crippen LogP contribution in [-0.2, 0) is 12.8 Å². The lowest BCUT2D eigenvalue weighted by Gasteiger charge is -2.25. The predicted octanol–water partition coefficient (Wildman–Crippen LogP) is 3.84. The Morgan fingerprint density at radius 1 is 1.21 bits per heavy atom. The highest BCUT2D eigenvalue weighted by Gasteiger charge is 2.18. The monoisotopic (exact) mass is 188 g/mol. The van der Waals surface area contributed by atoms with Crippen LogP contribution >= 0.6 is 0 Å². The second kappa shape index (κ2) is 4.16. The fourth-order valence-electron chi connectivity index (χ4n) is 2.64. The normalized spacial score (nSPS) is 20.9. The number of rotatable bonds is 2. The number of aryl methyl sites for hydroxylation is 1. The number of hydrogen-bond donors (Lipinski definition) is 0. The highest BCUT2D eigenvalue weighted by molar-refractivity contribution is 5.29. The van der Waals surface area contributed by atoms with Crippen LogP contribution in [0.2, 0.25) is 0 Å². The van der Waals surface area contributed by atoms with Gasteiger partial charge in [0.2, 0.25) is 0 Å². The Labute approximate surface area is 87.3 Å². The van der Waals surface area contributed by atoms with Crippen LogP contribution in [0, 0.1) is 11.8 Å². The molecule has 1 aliphatic rings. The van der Waals surface area contributed by atoms with Crippen molar-refractivity contribution in [2.24, 2.45) is 11.8 Å². The summed E-state index contributed by atoms with van der Waals surface area (Å²) < 4.78 is 0. The van der Waals surface area contributed by atoms with E-state index < -0.39 is 0 Å². The van der Waals surface area contributed by atoms with Crippen LogP contribution in [0.3, 0.4) is 0 Å². The smallest absolute Gasteiger partial charge is 0.0247 e. The molecule has 1 atom stereocenters. The van der Waals surface area contributed by atoms with Crippen molar-refractivity contribution in [3.05, 3.63) is 35.4 Å². The van der Waals surface area contributed by atoms with E-state index in [4.69, 9.17) is 0 Å². The first-order valence-electron chi connectivity index (χ1n) is 5.82. The van der Waals surface area contributed by atoms with Crippen LogP contribution in [0.4, 0.5) is 0 Å². The van der Waals surface area contributed by atoms with Crippen molar-refractivity contribution in [3.8, 4) is 0 Å². The zero-order chi connectivity index (χ0) is 9.97. The second-order valence-corrected chi connectivity index (χ2v) is 5.01. The van der Waals surface area contributed by atoms with E-state index in [0.29, 0.717) is 0 Å². The lowest BCUT2D eigenvalue weighted by atomic mass is 9.80. The molecule has 0 fully saturated rings. The van der Waals surface area contributed by atoms with Gasteiger partial charge in [-0.2, -0.15) is 0 Å². The minimum absolute atomic E-state index is 0.852. The first kappa shape index (κ1) is 9.76. The summed E-state index contributed by atoms with van der Waals surface area (Å²) in [5, 5.41) is 0. The zero-order valence-corrected chi connectivity index (χ0v) is 9.29. The summed E-state index contributed by atoms with van der Waals surface area (Å²) in [6.45, 7) is 4.67. The van der Waals surface area contributed by atoms with Crippen LogP contribution in [0.15, 0.2) is 24.3 Å². The third kappa shape index (κ3) is 2.17. The quantitative estimate of drug-likeness (QED) is 0.661. The molecular weight excluding hydrogens is 168 g/mol. The molecule has 0 saturated heterocycles. The van der Waals surface area contributed by atoms with Gasteiger partial charge in [-0.1, -0.05) is 38.1 Å². The van der Waals surface area contributed by atoms with Crippen molar-refractivity contribution in [1.82, 2.24) is 0 Å². The number of benzene rings is 1. The van der Waals surface area contributed by atoms with Crippen LogP contribution in [0.1, 0.15) is 37.8 Å². The largest absolute Gasteiger partial charge is 0.0628 e. The van der Waals surface area contributed by atoms with Gasteiger partial charge < -0.3 is 0 Å². The molecule has 14 heavy (non-hydrogen) atoms. The maximum absolute atomic E-state index is 2.33. The molecule has 0 amide bonds. The molecule has 0 radical (unpaired) electrons. The number of fused-ring (bicyclic) bond motifs is 1. The van der Waals surface area contributed by atoms with E-state index in [1.165, 1.54) is 25.7 Å². The Morgan fingerprint density at radius 3 is 2.64 bits per heavy atom. The molecule has 1 aliphatic carbocycles. The molecule has 1 unspecified atom stereocenters. The van der Waals surface area contributed by atoms with E-state index >= 15 is 0 Å². The van der Waals surface area contributed by atoms with Gasteiger partial charge >= 0.3 is 0 Å². The van der Waals surface area contributed by atoms with E-state index in [9.17, 15) is 0 Å². The summed E-state index contributed by atoms with van der Waals surface area (Å²) in [6.07, 6.45) is 5.41. The first-order chi connectivity index (χ1) is 6.75. The standard InChI is InChI=1S/C14H20/c1-11(2)9-12-7-8-13-5-3-4-6-14(13)10-12/h3-6,11-12H,7-10H2,1-2H3. The van der Waals surface area contributed by atoms with Crippen LogP contribution in [0.5, 0.6) is 0 Å². The van der Waals surface area contributed by atoms with Crippen molar-refractivity contribution in [2.75, 3.05) is 0 Å². The highest BCUT2D eigenvalue weighted by atomic mass is 14.2. The van der Waals surface area contributed by atoms with Gasteiger partial charge in [-0.3, -0.25) is 0 Å². The lowest BCUT2D eigenvalue weighted by Crippen LogP contribution is -2.15. The molecule has 0 aromatic heterocycles. The molecule has 0 bridgehead atoms. The van der Waals surface area contributed by atoms with Gasteiger partial charge in [0.1, 0.15) is 0 Å². The molecule has 2 rings (SSSR count). The predicted molar refractivity (Wildman–Crippen MR) is 61.4 cm³/mol. The summed E-state index contributed by atoms with van der Waals surface area (Å²) in [6, 6.07) is 8.95. The Balaban J connectivity index is 2.06. The lowest BCUT2D eigenvalue weighted by molar-refractivity contribution is 0.370. The Bertz CT molecular complexity index is 299. The average Bonchev–Trinajstić information content (AvgIpc) is 2.17. The fraction of sp³-hybridized carbons (Fsp3) is 0.571. The van der Waals surface area contributed by atoms with Crippen LogP contribution in [0.25, 0.3) is 0 Å². The molecule has 1 aromatic rings. The maximum atomic E-state index is 2.33. The third-order valence-corrected chi connectivity index (χ3v) is 3.25. The SMILES string of the molecule is CC(C)CC1CCc2ccccc2C1. The Kier molecular flexibility index (Phi) is 2.90. The van der Waals surface area contributed by atoms with Crippen molar-refractivity contribution in [3.63, 3.8) is 0 Å². The molecule has 76 valence electrons. The zero-order valence-electron chi connectivity index (χ0n) is 9.29. The molecule has 0 spiro atoms. The first-order valence-corrected chi connectivity index (χ1v) is 5.82. The summed E-state index contributed by atoms with van der Waals surface area (Å²) in [4.78, 5) is 0. The molecular formula is C14H20. The van der Waals surface area contributed by atoms with Crippen molar-refractivity contribution in [2.45, 2.75) is 39.5 Å². The minimum Gasteiger partial charge on any atom is -0.0628 e. The Morgan fingerprint density at radius 2 is 1.93 bits per heavy atom. The van der Waals surface area contributed by atoms with Gasteiger partial charge in [-0.15, -0.1) is 0 Å². The van der Waals surface area contributed by atoms with Crippen molar-refractivity contribution in [1.29, 1.82) is 0 Å². The molecule has 0 aliphatic heterocycles. The summed E-state index contributed by atoms with van der Waals surface area (Å²) >= 11 is 0. The molecule has 0 nitrogen and oxygen atoms in total. The summed E-state index contributed by atoms with van der Waals surface area (Å²) in [5.41, 5.74) is 3.19. The fourth-order valence-corrected chi connectivity index (χ4v) is 2.64. The van der Waals surface area contributed by atoms with Gasteiger partial charge in [0.05, 0.1) is 0 Å². The van der Waals surface area contributed by atoms with Gasteiger partial charge in [-0.05, 0) is 48.6 Å². The van der Waals surface area contributed by atoms with E-state index in [1.54, 1.807) is 11.1 Å². The van der Waals surface area contributed by atoms with E-state index in [-0.39, 0.29) is 0 Å². The summed E-state index contributed by atoms with van der Waals surface area (Å²) in [7, 11) is 0. The molecule has 0 heterocycles. The summed E-state index contributed by atoms with van der Waals surface area (Å²) in [5.74, 6) is 1.79. The van der Waals surface area contributed by atoms with E-state index in [0.717, 1.165) is 11.8 Å². The third-order valence-electron chi connectivity index (χ3n) is 3.25. The Hall–Kier alpha value is -0.780. The van der Waals surface area contributed by atoms with E-state index in [1.807, 2.05) is 0 Å². The van der Waals surface area contributed by atoms with Crippen molar-refractivity contribution < 1.29 is 0 Å². The minimum atomic E-state index is 0.852. The topological polar surface area (TPSA) is 0 Å². The van der Waals surface area contributed by atoms with Gasteiger partial charge in [0, 0.05) is 0 Å². The van der Waals surface area contributed by atoms with E-state index in [2.05, 4.69) is 38.1 Å². The van der Waals surface area contributed by atoms with Gasteiger partial charge in [-0.25, -0.2) is 0 Å². The van der Waals surface area contributed by atoms with Gasteiger partial charge in [0.15, 0.2) is 0 Å². The molecule has 0 heteroatoms. The number of hydrogen-bond acceptors (Lipinski definition) is 0. The van der Waals surface area contributed by atoms with Gasteiger partial charge in [0.25, 0.3) is 0 Å². The average molecular weight is 188 g/mol. The van der Waals surface area contributed by atoms with Crippen LogP contribution < -0.4 is 0 Å². The molecule has 0 saturated carbocycles.